The van der Waals surface area contributed by atoms with Crippen LogP contribution in [-0.2, 0) is 19.9 Å². The second-order valence-corrected chi connectivity index (χ2v) is 5.47. The molecule has 6 heteroatoms. The molecule has 1 N–H and O–H groups in total. The molecule has 1 aliphatic rings. The fourth-order valence-electron chi connectivity index (χ4n) is 2.16. The summed E-state index contributed by atoms with van der Waals surface area (Å²) in [6.07, 6.45) is 6.17. The van der Waals surface area contributed by atoms with Gasteiger partial charge in [-0.1, -0.05) is 0 Å². The highest BCUT2D eigenvalue weighted by Gasteiger charge is 2.17. The zero-order valence-corrected chi connectivity index (χ0v) is 11.0. The molecule has 3 rings (SSSR count). The molecule has 0 bridgehead atoms. The summed E-state index contributed by atoms with van der Waals surface area (Å²) in [5.41, 5.74) is 1.70. The number of hydrogen-bond donors (Lipinski definition) is 1. The molecule has 0 fully saturated rings. The van der Waals surface area contributed by atoms with E-state index in [9.17, 15) is 4.79 Å². The lowest BCUT2D eigenvalue weighted by Gasteiger charge is -2.06. The lowest BCUT2D eigenvalue weighted by molar-refractivity contribution is 0.101. The van der Waals surface area contributed by atoms with E-state index in [1.165, 1.54) is 17.7 Å². The Hall–Kier alpha value is -1.69. The fourth-order valence-corrected chi connectivity index (χ4v) is 3.21. The molecule has 0 atom stereocenters. The van der Waals surface area contributed by atoms with Crippen LogP contribution in [0.2, 0.25) is 0 Å². The second-order valence-electron chi connectivity index (χ2n) is 4.39. The lowest BCUT2D eigenvalue weighted by atomic mass is 10.0. The predicted octanol–water partition coefficient (Wildman–Crippen LogP) is 2.01. The zero-order valence-electron chi connectivity index (χ0n) is 10.1. The Balaban J connectivity index is 1.79. The van der Waals surface area contributed by atoms with Gasteiger partial charge in [0.15, 0.2) is 5.13 Å². The third kappa shape index (κ3) is 2.03. The molecule has 2 heterocycles. The predicted molar refractivity (Wildman–Crippen MR) is 69.9 cm³/mol. The largest absolute Gasteiger partial charge is 0.296 e. The first kappa shape index (κ1) is 11.4. The minimum Gasteiger partial charge on any atom is -0.296 e. The maximum Gasteiger partial charge on any atom is 0.275 e. The molecule has 0 saturated carbocycles. The van der Waals surface area contributed by atoms with Crippen molar-refractivity contribution >= 4 is 22.4 Å². The van der Waals surface area contributed by atoms with E-state index in [2.05, 4.69) is 15.4 Å². The van der Waals surface area contributed by atoms with Crippen LogP contribution in [0.1, 0.15) is 33.9 Å². The van der Waals surface area contributed by atoms with Crippen molar-refractivity contribution in [1.29, 1.82) is 0 Å². The van der Waals surface area contributed by atoms with E-state index in [1.807, 2.05) is 0 Å². The summed E-state index contributed by atoms with van der Waals surface area (Å²) in [5, 5.41) is 7.54. The van der Waals surface area contributed by atoms with Crippen LogP contribution in [-0.4, -0.2) is 20.7 Å². The summed E-state index contributed by atoms with van der Waals surface area (Å²) < 4.78 is 1.56. The molecule has 18 heavy (non-hydrogen) atoms. The third-order valence-corrected chi connectivity index (χ3v) is 4.19. The van der Waals surface area contributed by atoms with E-state index in [0.717, 1.165) is 18.5 Å². The topological polar surface area (TPSA) is 59.8 Å². The van der Waals surface area contributed by atoms with Gasteiger partial charge in [-0.25, -0.2) is 4.98 Å². The molecule has 0 unspecified atom stereocenters. The maximum atomic E-state index is 12.0. The van der Waals surface area contributed by atoms with Crippen molar-refractivity contribution in [2.24, 2.45) is 7.05 Å². The van der Waals surface area contributed by atoms with E-state index in [-0.39, 0.29) is 5.91 Å². The first-order valence-electron chi connectivity index (χ1n) is 6.02. The standard InChI is InChI=1S/C12H14N4OS/c1-16-9(6-7-13-16)11(17)15-12-14-8-4-2-3-5-10(8)18-12/h6-7H,2-5H2,1H3,(H,14,15,17). The number of nitrogens with one attached hydrogen (secondary N) is 1. The van der Waals surface area contributed by atoms with Crippen LogP contribution in [0.15, 0.2) is 12.3 Å². The van der Waals surface area contributed by atoms with Gasteiger partial charge in [-0.15, -0.1) is 11.3 Å². The maximum absolute atomic E-state index is 12.0. The average Bonchev–Trinajstić information content (AvgIpc) is 2.94. The summed E-state index contributed by atoms with van der Waals surface area (Å²) in [6, 6.07) is 1.70. The number of thiazole rings is 1. The summed E-state index contributed by atoms with van der Waals surface area (Å²) in [4.78, 5) is 17.8. The number of amides is 1. The number of nitrogens with zero attached hydrogens (tertiary/aromatic N) is 3. The number of aryl methyl sites for hydroxylation is 3. The van der Waals surface area contributed by atoms with Crippen molar-refractivity contribution < 1.29 is 4.79 Å². The Morgan fingerprint density at radius 2 is 2.28 bits per heavy atom. The van der Waals surface area contributed by atoms with E-state index in [4.69, 9.17) is 0 Å². The van der Waals surface area contributed by atoms with Gasteiger partial charge >= 0.3 is 0 Å². The van der Waals surface area contributed by atoms with E-state index < -0.39 is 0 Å². The molecule has 94 valence electrons. The fraction of sp³-hybridized carbons (Fsp3) is 0.417. The van der Waals surface area contributed by atoms with Crippen molar-refractivity contribution in [3.8, 4) is 0 Å². The van der Waals surface area contributed by atoms with Crippen molar-refractivity contribution in [3.63, 3.8) is 0 Å². The molecule has 1 aliphatic carbocycles. The number of hydrogen-bond acceptors (Lipinski definition) is 4. The molecular formula is C12H14N4OS. The lowest BCUT2D eigenvalue weighted by Crippen LogP contribution is -2.15. The van der Waals surface area contributed by atoms with Gasteiger partial charge in [0, 0.05) is 18.1 Å². The van der Waals surface area contributed by atoms with Crippen molar-refractivity contribution in [1.82, 2.24) is 14.8 Å². The molecular weight excluding hydrogens is 248 g/mol. The summed E-state index contributed by atoms with van der Waals surface area (Å²) in [6.45, 7) is 0. The van der Waals surface area contributed by atoms with Crippen molar-refractivity contribution in [3.05, 3.63) is 28.5 Å². The Morgan fingerprint density at radius 3 is 3.00 bits per heavy atom. The van der Waals surface area contributed by atoms with Crippen LogP contribution in [0.25, 0.3) is 0 Å². The smallest absolute Gasteiger partial charge is 0.275 e. The molecule has 5 nitrogen and oxygen atoms in total. The van der Waals surface area contributed by atoms with Crippen LogP contribution in [0, 0.1) is 0 Å². The van der Waals surface area contributed by atoms with Gasteiger partial charge in [-0.2, -0.15) is 5.10 Å². The molecule has 0 aliphatic heterocycles. The Labute approximate surface area is 109 Å². The van der Waals surface area contributed by atoms with Gasteiger partial charge in [-0.3, -0.25) is 14.8 Å². The van der Waals surface area contributed by atoms with Gasteiger partial charge in [0.2, 0.25) is 0 Å². The highest BCUT2D eigenvalue weighted by Crippen LogP contribution is 2.29. The quantitative estimate of drug-likeness (QED) is 0.900. The van der Waals surface area contributed by atoms with Gasteiger partial charge in [0.1, 0.15) is 5.69 Å². The number of carbonyl (C=O) groups excluding carboxylic acids is 1. The van der Waals surface area contributed by atoms with Crippen LogP contribution in [0.4, 0.5) is 5.13 Å². The summed E-state index contributed by atoms with van der Waals surface area (Å²) in [7, 11) is 1.75. The monoisotopic (exact) mass is 262 g/mol. The normalized spacial score (nSPS) is 14.3. The van der Waals surface area contributed by atoms with E-state index in [0.29, 0.717) is 10.8 Å². The number of rotatable bonds is 2. The molecule has 0 aromatic carbocycles. The van der Waals surface area contributed by atoms with Gasteiger partial charge in [0.25, 0.3) is 5.91 Å². The van der Waals surface area contributed by atoms with Crippen LogP contribution in [0.5, 0.6) is 0 Å². The molecule has 0 spiro atoms. The summed E-state index contributed by atoms with van der Waals surface area (Å²) >= 11 is 1.59. The van der Waals surface area contributed by atoms with Crippen molar-refractivity contribution in [2.75, 3.05) is 5.32 Å². The Kier molecular flexibility index (Phi) is 2.87. The molecule has 0 saturated heterocycles. The SMILES string of the molecule is Cn1nccc1C(=O)Nc1nc2c(s1)CCCC2. The first-order chi connectivity index (χ1) is 8.74. The van der Waals surface area contributed by atoms with E-state index >= 15 is 0 Å². The minimum atomic E-state index is -0.152. The zero-order chi connectivity index (χ0) is 12.5. The van der Waals surface area contributed by atoms with Crippen LogP contribution >= 0.6 is 11.3 Å². The molecule has 1 amide bonds. The molecule has 2 aromatic rings. The van der Waals surface area contributed by atoms with Crippen molar-refractivity contribution in [2.45, 2.75) is 25.7 Å². The number of carbonyl (C=O) groups is 1. The Morgan fingerprint density at radius 1 is 1.44 bits per heavy atom. The second kappa shape index (κ2) is 4.53. The minimum absolute atomic E-state index is 0.152. The van der Waals surface area contributed by atoms with E-state index in [1.54, 1.807) is 35.3 Å². The first-order valence-corrected chi connectivity index (χ1v) is 6.83. The highest BCUT2D eigenvalue weighted by atomic mass is 32.1. The number of fused-ring (bicyclic) bond motifs is 1. The third-order valence-electron chi connectivity index (χ3n) is 3.12. The van der Waals surface area contributed by atoms with Gasteiger partial charge in [-0.05, 0) is 31.7 Å². The number of anilines is 1. The number of aromatic nitrogens is 3. The average molecular weight is 262 g/mol. The molecule has 0 radical (unpaired) electrons. The van der Waals surface area contributed by atoms with Crippen LogP contribution in [0.3, 0.4) is 0 Å². The molecule has 2 aromatic heterocycles. The Bertz CT molecular complexity index is 563. The summed E-state index contributed by atoms with van der Waals surface area (Å²) in [5.74, 6) is -0.152. The van der Waals surface area contributed by atoms with Gasteiger partial charge in [0.05, 0.1) is 5.69 Å². The highest BCUT2D eigenvalue weighted by molar-refractivity contribution is 7.15. The van der Waals surface area contributed by atoms with Crippen LogP contribution < -0.4 is 5.32 Å². The van der Waals surface area contributed by atoms with Gasteiger partial charge < -0.3 is 0 Å².